The molecule has 0 aliphatic carbocycles. The first-order chi connectivity index (χ1) is 14.0. The summed E-state index contributed by atoms with van der Waals surface area (Å²) in [5, 5.41) is 11.0. The maximum Gasteiger partial charge on any atom is 0.296 e. The number of nitrogens with zero attached hydrogens (tertiary/aromatic N) is 1. The minimum Gasteiger partial charge on any atom is -0.507 e. The van der Waals surface area contributed by atoms with Gasteiger partial charge in [-0.2, -0.15) is 0 Å². The standard InChI is InChI=1S/C24H21NO4/c1-15-8-11-18(12-9-15)22(26)20-21(19-13-10-16(2)29-19)25(24(28)23(20)27)14-17-6-4-3-5-7-17/h3-13,21,26H,14H2,1-2H3. The predicted molar refractivity (Wildman–Crippen MR) is 109 cm³/mol. The van der Waals surface area contributed by atoms with Gasteiger partial charge in [0.1, 0.15) is 23.3 Å². The number of benzene rings is 2. The van der Waals surface area contributed by atoms with Crippen LogP contribution in [-0.2, 0) is 16.1 Å². The van der Waals surface area contributed by atoms with Gasteiger partial charge in [0.05, 0.1) is 5.57 Å². The second-order valence-corrected chi connectivity index (χ2v) is 7.23. The van der Waals surface area contributed by atoms with Crippen molar-refractivity contribution in [2.45, 2.75) is 26.4 Å². The zero-order chi connectivity index (χ0) is 20.5. The molecule has 5 nitrogen and oxygen atoms in total. The lowest BCUT2D eigenvalue weighted by Gasteiger charge is -2.23. The van der Waals surface area contributed by atoms with Crippen LogP contribution in [-0.4, -0.2) is 21.7 Å². The second kappa shape index (κ2) is 7.43. The lowest BCUT2D eigenvalue weighted by atomic mass is 9.98. The number of aryl methyl sites for hydroxylation is 2. The van der Waals surface area contributed by atoms with Crippen LogP contribution in [0.1, 0.15) is 34.3 Å². The molecule has 1 aliphatic rings. The Labute approximate surface area is 168 Å². The van der Waals surface area contributed by atoms with Crippen molar-refractivity contribution in [3.8, 4) is 0 Å². The third-order valence-corrected chi connectivity index (χ3v) is 5.09. The number of hydrogen-bond donors (Lipinski definition) is 1. The lowest BCUT2D eigenvalue weighted by Crippen LogP contribution is -2.29. The van der Waals surface area contributed by atoms with Gasteiger partial charge in [0.25, 0.3) is 11.7 Å². The molecule has 5 heteroatoms. The largest absolute Gasteiger partial charge is 0.507 e. The number of ketones is 1. The zero-order valence-electron chi connectivity index (χ0n) is 16.3. The summed E-state index contributed by atoms with van der Waals surface area (Å²) in [6.07, 6.45) is 0. The topological polar surface area (TPSA) is 70.8 Å². The Bertz CT molecular complexity index is 1090. The molecule has 0 saturated carbocycles. The summed E-state index contributed by atoms with van der Waals surface area (Å²) in [6, 6.07) is 19.3. The first kappa shape index (κ1) is 18.7. The fourth-order valence-corrected chi connectivity index (χ4v) is 3.59. The molecule has 1 amide bonds. The molecule has 1 unspecified atom stereocenters. The van der Waals surface area contributed by atoms with Crippen LogP contribution in [0.4, 0.5) is 0 Å². The number of furan rings is 1. The molecule has 3 aromatic rings. The van der Waals surface area contributed by atoms with Crippen LogP contribution >= 0.6 is 0 Å². The number of Topliss-reactive ketones (excluding diaryl/α,β-unsaturated/α-hetero) is 1. The van der Waals surface area contributed by atoms with Crippen molar-refractivity contribution in [1.29, 1.82) is 0 Å². The number of hydrogen-bond acceptors (Lipinski definition) is 4. The number of carbonyl (C=O) groups excluding carboxylic acids is 2. The third-order valence-electron chi connectivity index (χ3n) is 5.09. The van der Waals surface area contributed by atoms with Crippen LogP contribution < -0.4 is 0 Å². The van der Waals surface area contributed by atoms with Crippen LogP contribution in [0, 0.1) is 13.8 Å². The highest BCUT2D eigenvalue weighted by atomic mass is 16.3. The molecule has 2 heterocycles. The first-order valence-electron chi connectivity index (χ1n) is 9.41. The average molecular weight is 387 g/mol. The second-order valence-electron chi connectivity index (χ2n) is 7.23. The number of aliphatic hydroxyl groups is 1. The summed E-state index contributed by atoms with van der Waals surface area (Å²) in [5.41, 5.74) is 2.45. The molecule has 0 spiro atoms. The predicted octanol–water partition coefficient (Wildman–Crippen LogP) is 4.52. The quantitative estimate of drug-likeness (QED) is 0.406. The van der Waals surface area contributed by atoms with Crippen molar-refractivity contribution in [2.75, 3.05) is 0 Å². The van der Waals surface area contributed by atoms with E-state index in [2.05, 4.69) is 0 Å². The number of aliphatic hydroxyl groups excluding tert-OH is 1. The van der Waals surface area contributed by atoms with E-state index >= 15 is 0 Å². The highest BCUT2D eigenvalue weighted by molar-refractivity contribution is 6.46. The molecular formula is C24H21NO4. The molecule has 2 aromatic carbocycles. The van der Waals surface area contributed by atoms with Gasteiger partial charge >= 0.3 is 0 Å². The smallest absolute Gasteiger partial charge is 0.296 e. The van der Waals surface area contributed by atoms with Crippen molar-refractivity contribution in [2.24, 2.45) is 0 Å². The molecule has 0 bridgehead atoms. The van der Waals surface area contributed by atoms with Crippen LogP contribution in [0.25, 0.3) is 5.76 Å². The van der Waals surface area contributed by atoms with Gasteiger partial charge in [-0.25, -0.2) is 0 Å². The zero-order valence-corrected chi connectivity index (χ0v) is 16.3. The van der Waals surface area contributed by atoms with Gasteiger partial charge in [0, 0.05) is 12.1 Å². The number of amides is 1. The first-order valence-corrected chi connectivity index (χ1v) is 9.41. The molecule has 1 fully saturated rings. The molecule has 1 atom stereocenters. The van der Waals surface area contributed by atoms with Crippen molar-refractivity contribution in [3.05, 3.63) is 101 Å². The molecule has 1 aromatic heterocycles. The molecule has 1 saturated heterocycles. The molecule has 1 N–H and O–H groups in total. The summed E-state index contributed by atoms with van der Waals surface area (Å²) in [5.74, 6) is -0.440. The maximum absolute atomic E-state index is 12.9. The summed E-state index contributed by atoms with van der Waals surface area (Å²) in [4.78, 5) is 27.3. The van der Waals surface area contributed by atoms with Crippen molar-refractivity contribution >= 4 is 17.4 Å². The van der Waals surface area contributed by atoms with Crippen LogP contribution in [0.15, 0.2) is 76.7 Å². The lowest BCUT2D eigenvalue weighted by molar-refractivity contribution is -0.140. The van der Waals surface area contributed by atoms with Crippen molar-refractivity contribution in [1.82, 2.24) is 4.90 Å². The van der Waals surface area contributed by atoms with Gasteiger partial charge in [-0.05, 0) is 31.5 Å². The Morgan fingerprint density at radius 1 is 0.966 bits per heavy atom. The van der Waals surface area contributed by atoms with Gasteiger partial charge in [-0.1, -0.05) is 60.2 Å². The number of carbonyl (C=O) groups is 2. The minimum absolute atomic E-state index is 0.0455. The normalized spacial score (nSPS) is 18.4. The summed E-state index contributed by atoms with van der Waals surface area (Å²) < 4.78 is 5.78. The van der Waals surface area contributed by atoms with Gasteiger partial charge in [-0.3, -0.25) is 9.59 Å². The van der Waals surface area contributed by atoms with Crippen LogP contribution in [0.2, 0.25) is 0 Å². The van der Waals surface area contributed by atoms with E-state index in [1.807, 2.05) is 49.4 Å². The highest BCUT2D eigenvalue weighted by Crippen LogP contribution is 2.40. The third kappa shape index (κ3) is 3.47. The van der Waals surface area contributed by atoms with Gasteiger partial charge in [0.15, 0.2) is 0 Å². The summed E-state index contributed by atoms with van der Waals surface area (Å²) in [6.45, 7) is 3.97. The van der Waals surface area contributed by atoms with E-state index in [4.69, 9.17) is 4.42 Å². The van der Waals surface area contributed by atoms with Crippen LogP contribution in [0.3, 0.4) is 0 Å². The number of likely N-dealkylation sites (tertiary alicyclic amines) is 1. The van der Waals surface area contributed by atoms with E-state index in [1.165, 1.54) is 4.90 Å². The molecule has 0 radical (unpaired) electrons. The van der Waals surface area contributed by atoms with E-state index < -0.39 is 17.7 Å². The SMILES string of the molecule is Cc1ccc(C(O)=C2C(=O)C(=O)N(Cc3ccccc3)C2c2ccc(C)o2)cc1. The van der Waals surface area contributed by atoms with E-state index in [9.17, 15) is 14.7 Å². The summed E-state index contributed by atoms with van der Waals surface area (Å²) in [7, 11) is 0. The summed E-state index contributed by atoms with van der Waals surface area (Å²) >= 11 is 0. The molecule has 146 valence electrons. The van der Waals surface area contributed by atoms with Crippen molar-refractivity contribution in [3.63, 3.8) is 0 Å². The molecule has 29 heavy (non-hydrogen) atoms. The van der Waals surface area contributed by atoms with E-state index in [0.717, 1.165) is 11.1 Å². The Morgan fingerprint density at radius 2 is 1.66 bits per heavy atom. The van der Waals surface area contributed by atoms with E-state index in [-0.39, 0.29) is 17.9 Å². The average Bonchev–Trinajstić information content (AvgIpc) is 3.25. The maximum atomic E-state index is 12.9. The van der Waals surface area contributed by atoms with Gasteiger partial charge in [0.2, 0.25) is 0 Å². The monoisotopic (exact) mass is 387 g/mol. The Morgan fingerprint density at radius 3 is 2.28 bits per heavy atom. The minimum atomic E-state index is -0.787. The van der Waals surface area contributed by atoms with E-state index in [0.29, 0.717) is 17.1 Å². The number of rotatable bonds is 4. The highest BCUT2D eigenvalue weighted by Gasteiger charge is 2.47. The molecule has 1 aliphatic heterocycles. The Hall–Kier alpha value is -3.60. The molecule has 4 rings (SSSR count). The Balaban J connectivity index is 1.84. The fourth-order valence-electron chi connectivity index (χ4n) is 3.59. The van der Waals surface area contributed by atoms with Gasteiger partial charge in [-0.15, -0.1) is 0 Å². The molecular weight excluding hydrogens is 366 g/mol. The van der Waals surface area contributed by atoms with Crippen LogP contribution in [0.5, 0.6) is 0 Å². The van der Waals surface area contributed by atoms with E-state index in [1.54, 1.807) is 31.2 Å². The fraction of sp³-hybridized carbons (Fsp3) is 0.167. The Kier molecular flexibility index (Phi) is 4.80. The van der Waals surface area contributed by atoms with Crippen molar-refractivity contribution < 1.29 is 19.1 Å². The van der Waals surface area contributed by atoms with Gasteiger partial charge < -0.3 is 14.4 Å².